The fourth-order valence-corrected chi connectivity index (χ4v) is 7.52. The van der Waals surface area contributed by atoms with Crippen molar-refractivity contribution in [1.29, 1.82) is 5.26 Å². The first-order valence-electron chi connectivity index (χ1n) is 13.3. The van der Waals surface area contributed by atoms with Crippen LogP contribution in [0.2, 0.25) is 0 Å². The molecule has 0 bridgehead atoms. The number of fused-ring (bicyclic) bond motifs is 4. The summed E-state index contributed by atoms with van der Waals surface area (Å²) >= 11 is -0.177. The van der Waals surface area contributed by atoms with Crippen LogP contribution in [0.3, 0.4) is 0 Å². The molecule has 0 amide bonds. The summed E-state index contributed by atoms with van der Waals surface area (Å²) in [6.07, 6.45) is 1.87. The van der Waals surface area contributed by atoms with Crippen molar-refractivity contribution in [2.45, 2.75) is 0 Å². The molecule has 0 radical (unpaired) electrons. The zero-order valence-electron chi connectivity index (χ0n) is 22.2. The molecule has 0 spiro atoms. The molecule has 6 heteroatoms. The van der Waals surface area contributed by atoms with E-state index < -0.39 is 0 Å². The van der Waals surface area contributed by atoms with Gasteiger partial charge in [0.25, 0.3) is 0 Å². The van der Waals surface area contributed by atoms with Gasteiger partial charge in [0.15, 0.2) is 0 Å². The first-order chi connectivity index (χ1) is 20.7. The number of hydrogen-bond donors (Lipinski definition) is 0. The fourth-order valence-electron chi connectivity index (χ4n) is 5.46. The first kappa shape index (κ1) is 25.4. The van der Waals surface area contributed by atoms with Gasteiger partial charge >= 0.3 is 249 Å². The molecule has 196 valence electrons. The van der Waals surface area contributed by atoms with Crippen LogP contribution in [-0.4, -0.2) is 25.3 Å². The van der Waals surface area contributed by atoms with Gasteiger partial charge < -0.3 is 0 Å². The van der Waals surface area contributed by atoms with Gasteiger partial charge in [-0.2, -0.15) is 0 Å². The SMILES string of the molecule is [C-]#[N+]/C(C#N)=C1\C(=C/c2ccc(N(c3ccccc3)c3ccc4ccccc4n3)[se]2)C(=O)c2c1ccc1ccccc21. The number of pyridine rings is 1. The fraction of sp³-hybridized carbons (Fsp3) is 0. The summed E-state index contributed by atoms with van der Waals surface area (Å²) in [6, 6.07) is 39.9. The number of aromatic nitrogens is 1. The summed E-state index contributed by atoms with van der Waals surface area (Å²) in [4.78, 5) is 24.6. The molecule has 7 rings (SSSR count). The van der Waals surface area contributed by atoms with E-state index in [0.717, 1.165) is 42.2 Å². The van der Waals surface area contributed by atoms with E-state index in [2.05, 4.69) is 34.0 Å². The van der Waals surface area contributed by atoms with Crippen molar-refractivity contribution in [2.24, 2.45) is 0 Å². The van der Waals surface area contributed by atoms with Crippen LogP contribution in [0.5, 0.6) is 0 Å². The molecule has 5 nitrogen and oxygen atoms in total. The summed E-state index contributed by atoms with van der Waals surface area (Å²) in [5.74, 6) is 0.654. The number of Topliss-reactive ketones (excluding diaryl/α,β-unsaturated/α-hetero) is 1. The number of carbonyl (C=O) groups excluding carboxylic acids is 1. The predicted octanol–water partition coefficient (Wildman–Crippen LogP) is 8.35. The maximum absolute atomic E-state index is 14.0. The van der Waals surface area contributed by atoms with Crippen LogP contribution in [0, 0.1) is 17.9 Å². The summed E-state index contributed by atoms with van der Waals surface area (Å²) < 4.78 is 2.03. The van der Waals surface area contributed by atoms with Crippen molar-refractivity contribution in [1.82, 2.24) is 4.98 Å². The van der Waals surface area contributed by atoms with Gasteiger partial charge in [-0.3, -0.25) is 0 Å². The van der Waals surface area contributed by atoms with E-state index in [-0.39, 0.29) is 26.0 Å². The summed E-state index contributed by atoms with van der Waals surface area (Å²) in [5.41, 5.74) is 3.84. The van der Waals surface area contributed by atoms with Crippen molar-refractivity contribution >= 4 is 69.7 Å². The molecular weight excluding hydrogens is 583 g/mol. The Balaban J connectivity index is 1.37. The van der Waals surface area contributed by atoms with Gasteiger partial charge in [-0.05, 0) is 0 Å². The number of nitrogens with zero attached hydrogens (tertiary/aromatic N) is 4. The number of para-hydroxylation sites is 2. The second kappa shape index (κ2) is 10.5. The Labute approximate surface area is 248 Å². The summed E-state index contributed by atoms with van der Waals surface area (Å²) in [6.45, 7) is 7.68. The number of anilines is 3. The minimum atomic E-state index is -0.177. The number of carbonyl (C=O) groups is 1. The molecule has 42 heavy (non-hydrogen) atoms. The monoisotopic (exact) mass is 604 g/mol. The van der Waals surface area contributed by atoms with Gasteiger partial charge in [-0.15, -0.1) is 0 Å². The van der Waals surface area contributed by atoms with Gasteiger partial charge in [-0.1, -0.05) is 0 Å². The molecule has 0 fully saturated rings. The van der Waals surface area contributed by atoms with Crippen LogP contribution in [0.1, 0.15) is 20.4 Å². The molecule has 1 aliphatic carbocycles. The number of rotatable bonds is 4. The minimum absolute atomic E-state index is 0.0748. The number of nitriles is 1. The quantitative estimate of drug-likeness (QED) is 0.0880. The van der Waals surface area contributed by atoms with Crippen LogP contribution in [0.15, 0.2) is 127 Å². The van der Waals surface area contributed by atoms with Crippen LogP contribution in [0.4, 0.5) is 16.1 Å². The van der Waals surface area contributed by atoms with Gasteiger partial charge in [0.05, 0.1) is 0 Å². The average Bonchev–Trinajstić information content (AvgIpc) is 3.61. The second-order valence-electron chi connectivity index (χ2n) is 9.75. The number of ketones is 1. The van der Waals surface area contributed by atoms with E-state index in [1.807, 2.05) is 103 Å². The normalized spacial score (nSPS) is 14.5. The average molecular weight is 604 g/mol. The molecule has 0 N–H and O–H groups in total. The summed E-state index contributed by atoms with van der Waals surface area (Å²) in [5, 5.41) is 12.7. The number of allylic oxidation sites excluding steroid dienone is 3. The van der Waals surface area contributed by atoms with E-state index in [1.165, 1.54) is 0 Å². The molecule has 0 unspecified atom stereocenters. The zero-order chi connectivity index (χ0) is 28.6. The third kappa shape index (κ3) is 4.24. The van der Waals surface area contributed by atoms with Gasteiger partial charge in [0.1, 0.15) is 0 Å². The van der Waals surface area contributed by atoms with Crippen LogP contribution in [0.25, 0.3) is 38.2 Å². The molecule has 0 saturated heterocycles. The molecule has 0 aliphatic heterocycles. The Hall–Kier alpha value is -5.52. The molecule has 1 aliphatic rings. The van der Waals surface area contributed by atoms with E-state index in [9.17, 15) is 10.1 Å². The van der Waals surface area contributed by atoms with E-state index >= 15 is 0 Å². The molecule has 2 aromatic heterocycles. The Morgan fingerprint density at radius 1 is 0.857 bits per heavy atom. The summed E-state index contributed by atoms with van der Waals surface area (Å²) in [7, 11) is 0. The molecule has 0 atom stereocenters. The van der Waals surface area contributed by atoms with Crippen molar-refractivity contribution in [3.8, 4) is 6.07 Å². The van der Waals surface area contributed by atoms with Crippen LogP contribution < -0.4 is 4.90 Å². The van der Waals surface area contributed by atoms with Crippen molar-refractivity contribution in [3.63, 3.8) is 0 Å². The van der Waals surface area contributed by atoms with Gasteiger partial charge in [0.2, 0.25) is 0 Å². The topological polar surface area (TPSA) is 61.4 Å². The Kier molecular flexibility index (Phi) is 6.34. The van der Waals surface area contributed by atoms with Gasteiger partial charge in [0, 0.05) is 0 Å². The van der Waals surface area contributed by atoms with Crippen LogP contribution >= 0.6 is 0 Å². The van der Waals surface area contributed by atoms with Crippen molar-refractivity contribution in [2.75, 3.05) is 4.90 Å². The third-order valence-corrected chi connectivity index (χ3v) is 9.48. The molecule has 4 aromatic carbocycles. The first-order valence-corrected chi connectivity index (χ1v) is 15.0. The molecular formula is C36H20N4OSe. The Morgan fingerprint density at radius 2 is 1.60 bits per heavy atom. The molecule has 2 heterocycles. The van der Waals surface area contributed by atoms with Crippen LogP contribution in [-0.2, 0) is 0 Å². The molecule has 0 saturated carbocycles. The predicted molar refractivity (Wildman–Crippen MR) is 169 cm³/mol. The van der Waals surface area contributed by atoms with Crippen molar-refractivity contribution in [3.05, 3.63) is 154 Å². The second-order valence-corrected chi connectivity index (χ2v) is 12.0. The van der Waals surface area contributed by atoms with E-state index in [0.29, 0.717) is 22.3 Å². The zero-order valence-corrected chi connectivity index (χ0v) is 23.9. The number of benzene rings is 4. The standard InChI is InChI=1S/C36H20N4OSe/c1-38-31(22-37)34-28-18-15-23-9-5-7-13-27(23)35(28)36(41)29(34)21-26-17-20-33(42-26)40(25-11-3-2-4-12-25)32-19-16-24-10-6-8-14-30(24)39-32/h2-21H/b29-21+,34-31-. The van der Waals surface area contributed by atoms with Crippen molar-refractivity contribution < 1.29 is 4.79 Å². The number of hydrogen-bond acceptors (Lipinski definition) is 4. The maximum atomic E-state index is 14.0. The Morgan fingerprint density at radius 3 is 2.40 bits per heavy atom. The van der Waals surface area contributed by atoms with E-state index in [4.69, 9.17) is 11.6 Å². The Bertz CT molecular complexity index is 2180. The third-order valence-electron chi connectivity index (χ3n) is 7.34. The van der Waals surface area contributed by atoms with E-state index in [1.54, 1.807) is 0 Å². The van der Waals surface area contributed by atoms with Gasteiger partial charge in [-0.25, -0.2) is 0 Å². The molecule has 6 aromatic rings.